The minimum Gasteiger partial charge on any atom is -0.481 e. The lowest BCUT2D eigenvalue weighted by Gasteiger charge is -1.99. The van der Waals surface area contributed by atoms with E-state index in [4.69, 9.17) is 16.7 Å². The van der Waals surface area contributed by atoms with Gasteiger partial charge in [-0.2, -0.15) is 0 Å². The van der Waals surface area contributed by atoms with E-state index in [0.29, 0.717) is 11.4 Å². The molecule has 0 radical (unpaired) electrons. The molecule has 3 rings (SSSR count). The van der Waals surface area contributed by atoms with E-state index in [1.807, 2.05) is 40.2 Å². The molecular weight excluding hydrogens is 308 g/mol. The smallest absolute Gasteiger partial charge is 0.303 e. The number of nitrogens with zero attached hydrogens (tertiary/aromatic N) is 2. The SMILES string of the molecule is O=C(O)CCCc1csc2nc(-c3ccccc3Cl)cn12. The second kappa shape index (κ2) is 5.87. The lowest BCUT2D eigenvalue weighted by Crippen LogP contribution is -1.97. The van der Waals surface area contributed by atoms with Crippen molar-refractivity contribution in [2.45, 2.75) is 19.3 Å². The number of halogens is 1. The molecule has 0 unspecified atom stereocenters. The zero-order chi connectivity index (χ0) is 14.8. The monoisotopic (exact) mass is 320 g/mol. The first-order valence-electron chi connectivity index (χ1n) is 6.57. The molecule has 0 aliphatic heterocycles. The number of aryl methyl sites for hydroxylation is 1. The number of hydrogen-bond acceptors (Lipinski definition) is 3. The molecule has 0 fully saturated rings. The average molecular weight is 321 g/mol. The maximum Gasteiger partial charge on any atom is 0.303 e. The molecule has 3 aromatic rings. The Bertz CT molecular complexity index is 794. The second-order valence-electron chi connectivity index (χ2n) is 4.73. The number of carboxylic acid groups (broad SMARTS) is 1. The molecule has 0 aliphatic rings. The highest BCUT2D eigenvalue weighted by Crippen LogP contribution is 2.29. The van der Waals surface area contributed by atoms with E-state index < -0.39 is 5.97 Å². The third kappa shape index (κ3) is 2.94. The summed E-state index contributed by atoms with van der Waals surface area (Å²) < 4.78 is 2.02. The largest absolute Gasteiger partial charge is 0.481 e. The Kier molecular flexibility index (Phi) is 3.94. The van der Waals surface area contributed by atoms with Crippen molar-refractivity contribution >= 4 is 33.9 Å². The van der Waals surface area contributed by atoms with Gasteiger partial charge in [0, 0.05) is 29.3 Å². The molecule has 4 nitrogen and oxygen atoms in total. The van der Waals surface area contributed by atoms with Crippen molar-refractivity contribution in [3.63, 3.8) is 0 Å². The predicted molar refractivity (Wildman–Crippen MR) is 84.1 cm³/mol. The van der Waals surface area contributed by atoms with Crippen LogP contribution in [0.4, 0.5) is 0 Å². The van der Waals surface area contributed by atoms with E-state index in [0.717, 1.165) is 28.3 Å². The maximum atomic E-state index is 10.6. The summed E-state index contributed by atoms with van der Waals surface area (Å²) in [4.78, 5) is 16.1. The van der Waals surface area contributed by atoms with Gasteiger partial charge >= 0.3 is 5.97 Å². The normalized spacial score (nSPS) is 11.1. The van der Waals surface area contributed by atoms with E-state index in [2.05, 4.69) is 4.98 Å². The molecule has 6 heteroatoms. The zero-order valence-electron chi connectivity index (χ0n) is 11.1. The van der Waals surface area contributed by atoms with Gasteiger partial charge in [0.1, 0.15) is 0 Å². The number of rotatable bonds is 5. The topological polar surface area (TPSA) is 54.6 Å². The van der Waals surface area contributed by atoms with Crippen molar-refractivity contribution < 1.29 is 9.90 Å². The van der Waals surface area contributed by atoms with Crippen LogP contribution in [0.2, 0.25) is 5.02 Å². The van der Waals surface area contributed by atoms with Crippen molar-refractivity contribution in [3.8, 4) is 11.3 Å². The van der Waals surface area contributed by atoms with E-state index >= 15 is 0 Å². The zero-order valence-corrected chi connectivity index (χ0v) is 12.7. The summed E-state index contributed by atoms with van der Waals surface area (Å²) in [6.45, 7) is 0. The predicted octanol–water partition coefficient (Wildman–Crippen LogP) is 4.12. The number of carboxylic acids is 1. The minimum atomic E-state index is -0.760. The molecule has 0 saturated carbocycles. The number of benzene rings is 1. The molecule has 1 aromatic carbocycles. The minimum absolute atomic E-state index is 0.184. The Balaban J connectivity index is 1.89. The van der Waals surface area contributed by atoms with Gasteiger partial charge in [0.25, 0.3) is 0 Å². The van der Waals surface area contributed by atoms with Gasteiger partial charge in [-0.15, -0.1) is 11.3 Å². The molecule has 0 spiro atoms. The summed E-state index contributed by atoms with van der Waals surface area (Å²) in [5.74, 6) is -0.760. The molecule has 2 aromatic heterocycles. The second-order valence-corrected chi connectivity index (χ2v) is 5.98. The Hall–Kier alpha value is -1.85. The van der Waals surface area contributed by atoms with Crippen LogP contribution in [0.25, 0.3) is 16.2 Å². The Morgan fingerprint density at radius 1 is 1.38 bits per heavy atom. The molecule has 2 heterocycles. The fourth-order valence-corrected chi connectivity index (χ4v) is 3.37. The van der Waals surface area contributed by atoms with Crippen molar-refractivity contribution in [3.05, 3.63) is 46.6 Å². The Labute approximate surface area is 130 Å². The quantitative estimate of drug-likeness (QED) is 0.769. The number of imidazole rings is 1. The van der Waals surface area contributed by atoms with Crippen molar-refractivity contribution in [2.75, 3.05) is 0 Å². The van der Waals surface area contributed by atoms with Crippen LogP contribution >= 0.6 is 22.9 Å². The summed E-state index contributed by atoms with van der Waals surface area (Å²) >= 11 is 7.76. The van der Waals surface area contributed by atoms with Crippen LogP contribution in [0.1, 0.15) is 18.5 Å². The van der Waals surface area contributed by atoms with Crippen LogP contribution < -0.4 is 0 Å². The Morgan fingerprint density at radius 2 is 2.19 bits per heavy atom. The third-order valence-corrected chi connectivity index (χ3v) is 4.48. The summed E-state index contributed by atoms with van der Waals surface area (Å²) in [6, 6.07) is 7.61. The van der Waals surface area contributed by atoms with E-state index in [1.165, 1.54) is 0 Å². The van der Waals surface area contributed by atoms with E-state index in [-0.39, 0.29) is 6.42 Å². The molecule has 0 atom stereocenters. The molecule has 1 N–H and O–H groups in total. The average Bonchev–Trinajstić information content (AvgIpc) is 3.00. The summed E-state index contributed by atoms with van der Waals surface area (Å²) in [6.07, 6.45) is 3.50. The van der Waals surface area contributed by atoms with Gasteiger partial charge in [-0.25, -0.2) is 4.98 Å². The van der Waals surface area contributed by atoms with Crippen LogP contribution in [0, 0.1) is 0 Å². The van der Waals surface area contributed by atoms with Gasteiger partial charge in [-0.1, -0.05) is 29.8 Å². The van der Waals surface area contributed by atoms with Crippen molar-refractivity contribution in [1.82, 2.24) is 9.38 Å². The van der Waals surface area contributed by atoms with Crippen molar-refractivity contribution in [1.29, 1.82) is 0 Å². The molecule has 21 heavy (non-hydrogen) atoms. The first-order chi connectivity index (χ1) is 10.1. The summed E-state index contributed by atoms with van der Waals surface area (Å²) in [5, 5.41) is 11.4. The van der Waals surface area contributed by atoms with Gasteiger partial charge in [-0.05, 0) is 18.9 Å². The summed E-state index contributed by atoms with van der Waals surface area (Å²) in [5.41, 5.74) is 2.83. The number of aromatic nitrogens is 2. The van der Waals surface area contributed by atoms with Gasteiger partial charge in [0.05, 0.1) is 10.7 Å². The molecule has 0 aliphatic carbocycles. The van der Waals surface area contributed by atoms with Gasteiger partial charge in [0.15, 0.2) is 4.96 Å². The van der Waals surface area contributed by atoms with Crippen LogP contribution in [0.15, 0.2) is 35.8 Å². The lowest BCUT2D eigenvalue weighted by atomic mass is 10.2. The molecule has 108 valence electrons. The molecule has 0 saturated heterocycles. The number of hydrogen-bond donors (Lipinski definition) is 1. The summed E-state index contributed by atoms with van der Waals surface area (Å²) in [7, 11) is 0. The number of carbonyl (C=O) groups is 1. The highest BCUT2D eigenvalue weighted by Gasteiger charge is 2.11. The van der Waals surface area contributed by atoms with Gasteiger partial charge in [0.2, 0.25) is 0 Å². The molecular formula is C15H13ClN2O2S. The highest BCUT2D eigenvalue weighted by molar-refractivity contribution is 7.15. The van der Waals surface area contributed by atoms with Crippen molar-refractivity contribution in [2.24, 2.45) is 0 Å². The fourth-order valence-electron chi connectivity index (χ4n) is 2.23. The van der Waals surface area contributed by atoms with Crippen LogP contribution in [-0.2, 0) is 11.2 Å². The third-order valence-electron chi connectivity index (χ3n) is 3.26. The first-order valence-corrected chi connectivity index (χ1v) is 7.83. The van der Waals surface area contributed by atoms with Crippen LogP contribution in [0.3, 0.4) is 0 Å². The Morgan fingerprint density at radius 3 is 2.95 bits per heavy atom. The number of thiazole rings is 1. The highest BCUT2D eigenvalue weighted by atomic mass is 35.5. The lowest BCUT2D eigenvalue weighted by molar-refractivity contribution is -0.137. The molecule has 0 amide bonds. The van der Waals surface area contributed by atoms with Gasteiger partial charge in [-0.3, -0.25) is 9.20 Å². The van der Waals surface area contributed by atoms with E-state index in [9.17, 15) is 4.79 Å². The van der Waals surface area contributed by atoms with Crippen LogP contribution in [-0.4, -0.2) is 20.5 Å². The van der Waals surface area contributed by atoms with Crippen LogP contribution in [0.5, 0.6) is 0 Å². The first kappa shape index (κ1) is 14.1. The standard InChI is InChI=1S/C15H13ClN2O2S/c16-12-6-2-1-5-11(12)13-8-18-10(4-3-7-14(19)20)9-21-15(18)17-13/h1-2,5-6,8-9H,3-4,7H2,(H,19,20). The van der Waals surface area contributed by atoms with E-state index in [1.54, 1.807) is 11.3 Å². The number of fused-ring (bicyclic) bond motifs is 1. The maximum absolute atomic E-state index is 10.6. The molecule has 0 bridgehead atoms. The fraction of sp³-hybridized carbons (Fsp3) is 0.200. The van der Waals surface area contributed by atoms with Gasteiger partial charge < -0.3 is 5.11 Å². The number of aliphatic carboxylic acids is 1.